The number of benzodiazepines with no additional fused rings is 1. The van der Waals surface area contributed by atoms with E-state index in [0.717, 1.165) is 29.3 Å². The first-order valence-electron chi connectivity index (χ1n) is 11.8. The van der Waals surface area contributed by atoms with E-state index in [1.807, 2.05) is 54.6 Å². The second kappa shape index (κ2) is 9.57. The van der Waals surface area contributed by atoms with Crippen molar-refractivity contribution in [3.8, 4) is 0 Å². The van der Waals surface area contributed by atoms with Crippen LogP contribution in [0.2, 0.25) is 0 Å². The molecule has 0 spiro atoms. The number of amides is 3. The van der Waals surface area contributed by atoms with Crippen molar-refractivity contribution in [2.45, 2.75) is 31.0 Å². The van der Waals surface area contributed by atoms with Crippen molar-refractivity contribution < 1.29 is 23.2 Å². The molecule has 3 aromatic rings. The molecule has 0 radical (unpaired) electrons. The summed E-state index contributed by atoms with van der Waals surface area (Å²) in [6.45, 7) is 0. The highest BCUT2D eigenvalue weighted by atomic mass is 19.1. The van der Waals surface area contributed by atoms with E-state index in [0.29, 0.717) is 24.2 Å². The standard InChI is InChI=1S/C28H24F2N4O3/c1-34-22-10-6-5-9-21(22)24(18-7-3-2-4-8-18)31-25(26(34)36)32-27(37)28(11-12-28)33-23(35)15-17-13-19(29)16-20(30)14-17/h2-10,13-14,16,25H,11-12,15H2,1H3,(H,32,37)(H,33,35). The van der Waals surface area contributed by atoms with Crippen molar-refractivity contribution in [2.24, 2.45) is 4.99 Å². The predicted molar refractivity (Wildman–Crippen MR) is 134 cm³/mol. The Morgan fingerprint density at radius 3 is 2.32 bits per heavy atom. The van der Waals surface area contributed by atoms with Gasteiger partial charge in [-0.15, -0.1) is 0 Å². The van der Waals surface area contributed by atoms with Crippen LogP contribution in [0.5, 0.6) is 0 Å². The van der Waals surface area contributed by atoms with Crippen LogP contribution in [-0.2, 0) is 20.8 Å². The van der Waals surface area contributed by atoms with Gasteiger partial charge in [0.25, 0.3) is 5.91 Å². The van der Waals surface area contributed by atoms with Gasteiger partial charge in [-0.25, -0.2) is 13.8 Å². The SMILES string of the molecule is CN1C(=O)C(NC(=O)C2(NC(=O)Cc3cc(F)cc(F)c3)CC2)N=C(c2ccccc2)c2ccccc21. The molecule has 37 heavy (non-hydrogen) atoms. The van der Waals surface area contributed by atoms with E-state index in [-0.39, 0.29) is 12.0 Å². The van der Waals surface area contributed by atoms with Gasteiger partial charge in [-0.2, -0.15) is 0 Å². The maximum atomic E-state index is 13.5. The zero-order valence-electron chi connectivity index (χ0n) is 20.0. The molecule has 1 fully saturated rings. The first-order chi connectivity index (χ1) is 17.8. The van der Waals surface area contributed by atoms with E-state index in [1.54, 1.807) is 7.05 Å². The van der Waals surface area contributed by atoms with Gasteiger partial charge in [-0.1, -0.05) is 48.5 Å². The molecule has 3 amide bonds. The van der Waals surface area contributed by atoms with Gasteiger partial charge in [-0.3, -0.25) is 14.4 Å². The lowest BCUT2D eigenvalue weighted by Gasteiger charge is -2.23. The summed E-state index contributed by atoms with van der Waals surface area (Å²) in [7, 11) is 1.62. The first kappa shape index (κ1) is 24.3. The Balaban J connectivity index is 1.38. The summed E-state index contributed by atoms with van der Waals surface area (Å²) < 4.78 is 27.0. The average Bonchev–Trinajstić information content (AvgIpc) is 3.66. The van der Waals surface area contributed by atoms with Crippen LogP contribution in [0.4, 0.5) is 14.5 Å². The van der Waals surface area contributed by atoms with Crippen molar-refractivity contribution in [1.82, 2.24) is 10.6 Å². The van der Waals surface area contributed by atoms with Crippen LogP contribution >= 0.6 is 0 Å². The number of fused-ring (bicyclic) bond motifs is 1. The Kier molecular flexibility index (Phi) is 6.29. The number of aliphatic imine (C=N–C) groups is 1. The van der Waals surface area contributed by atoms with Gasteiger partial charge < -0.3 is 15.5 Å². The number of halogens is 2. The third kappa shape index (κ3) is 4.97. The largest absolute Gasteiger partial charge is 0.341 e. The van der Waals surface area contributed by atoms with Crippen molar-refractivity contribution in [2.75, 3.05) is 11.9 Å². The van der Waals surface area contributed by atoms with Gasteiger partial charge in [0.2, 0.25) is 18.0 Å². The molecule has 3 aromatic carbocycles. The van der Waals surface area contributed by atoms with Gasteiger partial charge in [0.15, 0.2) is 0 Å². The highest BCUT2D eigenvalue weighted by Crippen LogP contribution is 2.36. The van der Waals surface area contributed by atoms with E-state index in [9.17, 15) is 23.2 Å². The molecular weight excluding hydrogens is 478 g/mol. The number of likely N-dealkylation sites (N-methyl/N-ethyl adjacent to an activating group) is 1. The smallest absolute Gasteiger partial charge is 0.272 e. The zero-order chi connectivity index (χ0) is 26.2. The van der Waals surface area contributed by atoms with E-state index < -0.39 is 41.1 Å². The Labute approximate surface area is 212 Å². The minimum atomic E-state index is -1.22. The summed E-state index contributed by atoms with van der Waals surface area (Å²) in [6, 6.07) is 19.6. The summed E-state index contributed by atoms with van der Waals surface area (Å²) in [5, 5.41) is 5.39. The summed E-state index contributed by atoms with van der Waals surface area (Å²) in [4.78, 5) is 45.4. The molecule has 1 aliphatic heterocycles. The minimum absolute atomic E-state index is 0.154. The predicted octanol–water partition coefficient (Wildman–Crippen LogP) is 3.11. The number of anilines is 1. The van der Waals surface area contributed by atoms with E-state index >= 15 is 0 Å². The second-order valence-corrected chi connectivity index (χ2v) is 9.22. The molecule has 1 atom stereocenters. The monoisotopic (exact) mass is 502 g/mol. The fourth-order valence-electron chi connectivity index (χ4n) is 4.45. The summed E-state index contributed by atoms with van der Waals surface area (Å²) in [5.41, 5.74) is 1.70. The molecule has 2 N–H and O–H groups in total. The topological polar surface area (TPSA) is 90.9 Å². The minimum Gasteiger partial charge on any atom is -0.341 e. The van der Waals surface area contributed by atoms with E-state index in [2.05, 4.69) is 15.6 Å². The Bertz CT molecular complexity index is 1400. The van der Waals surface area contributed by atoms with Crippen molar-refractivity contribution in [1.29, 1.82) is 0 Å². The Morgan fingerprint density at radius 1 is 1.00 bits per heavy atom. The van der Waals surface area contributed by atoms with Gasteiger partial charge >= 0.3 is 0 Å². The number of carbonyl (C=O) groups is 3. The number of hydrogen-bond donors (Lipinski definition) is 2. The number of nitrogens with one attached hydrogen (secondary N) is 2. The molecule has 7 nitrogen and oxygen atoms in total. The van der Waals surface area contributed by atoms with Gasteiger partial charge in [0.1, 0.15) is 17.2 Å². The maximum Gasteiger partial charge on any atom is 0.272 e. The number of nitrogens with zero attached hydrogens (tertiary/aromatic N) is 2. The van der Waals surface area contributed by atoms with Crippen LogP contribution in [0.1, 0.15) is 29.5 Å². The fraction of sp³-hybridized carbons (Fsp3) is 0.214. The number of hydrogen-bond acceptors (Lipinski definition) is 4. The lowest BCUT2D eigenvalue weighted by molar-refractivity contribution is -0.132. The molecule has 0 bridgehead atoms. The molecule has 188 valence electrons. The summed E-state index contributed by atoms with van der Waals surface area (Å²) in [5.74, 6) is -3.09. The molecule has 1 saturated carbocycles. The van der Waals surface area contributed by atoms with Crippen molar-refractivity contribution in [3.63, 3.8) is 0 Å². The van der Waals surface area contributed by atoms with E-state index in [1.165, 1.54) is 4.90 Å². The molecule has 0 saturated heterocycles. The quantitative estimate of drug-likeness (QED) is 0.543. The molecular formula is C28H24F2N4O3. The van der Waals surface area contributed by atoms with Crippen LogP contribution in [0, 0.1) is 11.6 Å². The van der Waals surface area contributed by atoms with E-state index in [4.69, 9.17) is 0 Å². The molecule has 2 aliphatic rings. The number of para-hydroxylation sites is 1. The second-order valence-electron chi connectivity index (χ2n) is 9.22. The van der Waals surface area contributed by atoms with Crippen LogP contribution in [-0.4, -0.2) is 42.2 Å². The third-order valence-corrected chi connectivity index (χ3v) is 6.51. The first-order valence-corrected chi connectivity index (χ1v) is 11.8. The van der Waals surface area contributed by atoms with Crippen LogP contribution < -0.4 is 15.5 Å². The highest BCUT2D eigenvalue weighted by Gasteiger charge is 2.52. The summed E-state index contributed by atoms with van der Waals surface area (Å²) >= 11 is 0. The Hall–Kier alpha value is -4.40. The lowest BCUT2D eigenvalue weighted by atomic mass is 10.0. The molecule has 1 aliphatic carbocycles. The fourth-order valence-corrected chi connectivity index (χ4v) is 4.45. The highest BCUT2D eigenvalue weighted by molar-refractivity contribution is 6.20. The van der Waals surface area contributed by atoms with Crippen LogP contribution in [0.15, 0.2) is 77.8 Å². The zero-order valence-corrected chi connectivity index (χ0v) is 20.0. The molecule has 9 heteroatoms. The third-order valence-electron chi connectivity index (χ3n) is 6.51. The molecule has 5 rings (SSSR count). The molecule has 1 unspecified atom stereocenters. The maximum absolute atomic E-state index is 13.5. The van der Waals surface area contributed by atoms with Gasteiger partial charge in [0.05, 0.1) is 17.8 Å². The van der Waals surface area contributed by atoms with Gasteiger partial charge in [0, 0.05) is 24.2 Å². The molecule has 1 heterocycles. The van der Waals surface area contributed by atoms with Crippen molar-refractivity contribution >= 4 is 29.1 Å². The van der Waals surface area contributed by atoms with Crippen molar-refractivity contribution in [3.05, 3.63) is 101 Å². The van der Waals surface area contributed by atoms with Gasteiger partial charge in [-0.05, 0) is 36.6 Å². The normalized spacial score (nSPS) is 17.8. The Morgan fingerprint density at radius 2 is 1.65 bits per heavy atom. The van der Waals surface area contributed by atoms with Crippen LogP contribution in [0.25, 0.3) is 0 Å². The number of benzene rings is 3. The average molecular weight is 503 g/mol. The molecule has 0 aromatic heterocycles. The number of rotatable bonds is 6. The lowest BCUT2D eigenvalue weighted by Crippen LogP contribution is -2.55. The summed E-state index contributed by atoms with van der Waals surface area (Å²) in [6.07, 6.45) is -0.768. The van der Waals surface area contributed by atoms with Crippen LogP contribution in [0.3, 0.4) is 0 Å². The number of carbonyl (C=O) groups excluding carboxylic acids is 3.